The molecule has 0 spiro atoms. The van der Waals surface area contributed by atoms with Crippen LogP contribution in [0.15, 0.2) is 65.3 Å². The maximum absolute atomic E-state index is 11.8. The molecule has 0 aliphatic carbocycles. The van der Waals surface area contributed by atoms with Crippen LogP contribution in [0.1, 0.15) is 16.5 Å². The maximum Gasteiger partial charge on any atom is 0.315 e. The van der Waals surface area contributed by atoms with Crippen LogP contribution in [-0.2, 0) is 6.54 Å². The van der Waals surface area contributed by atoms with E-state index in [-0.39, 0.29) is 12.6 Å². The first-order valence-corrected chi connectivity index (χ1v) is 8.41. The molecule has 2 aromatic heterocycles. The van der Waals surface area contributed by atoms with Gasteiger partial charge in [-0.25, -0.2) is 4.79 Å². The molecule has 1 atom stereocenters. The zero-order valence-electron chi connectivity index (χ0n) is 12.9. The number of benzene rings is 1. The molecule has 5 nitrogen and oxygen atoms in total. The Morgan fingerprint density at radius 1 is 1.08 bits per heavy atom. The summed E-state index contributed by atoms with van der Waals surface area (Å²) in [5.41, 5.74) is 1.02. The van der Waals surface area contributed by atoms with Gasteiger partial charge in [-0.2, -0.15) is 0 Å². The van der Waals surface area contributed by atoms with E-state index >= 15 is 0 Å². The quantitative estimate of drug-likeness (QED) is 0.641. The van der Waals surface area contributed by atoms with E-state index in [4.69, 9.17) is 4.42 Å². The van der Waals surface area contributed by atoms with Gasteiger partial charge in [0.05, 0.1) is 17.7 Å². The Morgan fingerprint density at radius 3 is 2.67 bits per heavy atom. The Labute approximate surface area is 143 Å². The van der Waals surface area contributed by atoms with Crippen LogP contribution in [0, 0.1) is 0 Å². The summed E-state index contributed by atoms with van der Waals surface area (Å²) >= 11 is 1.45. The molecule has 0 bridgehead atoms. The number of carbonyl (C=O) groups is 1. The molecule has 0 aliphatic heterocycles. The highest BCUT2D eigenvalue weighted by Gasteiger charge is 2.13. The molecule has 0 radical (unpaired) electrons. The van der Waals surface area contributed by atoms with E-state index in [1.54, 1.807) is 6.26 Å². The van der Waals surface area contributed by atoms with Crippen LogP contribution < -0.4 is 10.6 Å². The van der Waals surface area contributed by atoms with Gasteiger partial charge >= 0.3 is 6.03 Å². The molecule has 3 N–H and O–H groups in total. The molecule has 2 heterocycles. The standard InChI is InChI=1S/C18H18N2O3S/c21-14(16-8-9-17(24-16)15-7-4-10-23-15)12-20-18(22)19-11-13-5-2-1-3-6-13/h1-10,14,21H,11-12H2,(H2,19,20,22). The summed E-state index contributed by atoms with van der Waals surface area (Å²) in [6.45, 7) is 0.600. The fraction of sp³-hybridized carbons (Fsp3) is 0.167. The minimum atomic E-state index is -0.749. The summed E-state index contributed by atoms with van der Waals surface area (Å²) in [7, 11) is 0. The second-order valence-electron chi connectivity index (χ2n) is 5.24. The van der Waals surface area contributed by atoms with Crippen molar-refractivity contribution in [2.24, 2.45) is 0 Å². The highest BCUT2D eigenvalue weighted by molar-refractivity contribution is 7.15. The van der Waals surface area contributed by atoms with E-state index in [2.05, 4.69) is 10.6 Å². The molecule has 3 aromatic rings. The first-order chi connectivity index (χ1) is 11.7. The number of aliphatic hydroxyl groups is 1. The zero-order chi connectivity index (χ0) is 16.8. The predicted octanol–water partition coefficient (Wildman–Crippen LogP) is 3.54. The monoisotopic (exact) mass is 342 g/mol. The third-order valence-electron chi connectivity index (χ3n) is 3.47. The van der Waals surface area contributed by atoms with Crippen LogP contribution in [0.2, 0.25) is 0 Å². The van der Waals surface area contributed by atoms with Crippen LogP contribution in [0.3, 0.4) is 0 Å². The van der Waals surface area contributed by atoms with E-state index in [1.165, 1.54) is 11.3 Å². The molecule has 2 amide bonds. The van der Waals surface area contributed by atoms with Gasteiger partial charge in [0.25, 0.3) is 0 Å². The van der Waals surface area contributed by atoms with Crippen LogP contribution in [0.4, 0.5) is 4.79 Å². The summed E-state index contributed by atoms with van der Waals surface area (Å²) in [5.74, 6) is 0.770. The SMILES string of the molecule is O=C(NCc1ccccc1)NCC(O)c1ccc(-c2ccco2)s1. The van der Waals surface area contributed by atoms with Crippen LogP contribution in [0.25, 0.3) is 10.6 Å². The van der Waals surface area contributed by atoms with Gasteiger partial charge in [0.15, 0.2) is 0 Å². The van der Waals surface area contributed by atoms with Gasteiger partial charge in [-0.1, -0.05) is 30.3 Å². The van der Waals surface area contributed by atoms with Gasteiger partial charge in [0.1, 0.15) is 11.9 Å². The highest BCUT2D eigenvalue weighted by Crippen LogP contribution is 2.31. The Bertz CT molecular complexity index is 769. The molecule has 1 aromatic carbocycles. The molecule has 0 aliphatic rings. The van der Waals surface area contributed by atoms with E-state index in [0.717, 1.165) is 21.1 Å². The number of hydrogen-bond acceptors (Lipinski definition) is 4. The van der Waals surface area contributed by atoms with Crippen molar-refractivity contribution in [1.29, 1.82) is 0 Å². The van der Waals surface area contributed by atoms with Crippen LogP contribution >= 0.6 is 11.3 Å². The number of thiophene rings is 1. The van der Waals surface area contributed by atoms with Crippen LogP contribution in [0.5, 0.6) is 0 Å². The van der Waals surface area contributed by atoms with Gasteiger partial charge < -0.3 is 20.2 Å². The maximum atomic E-state index is 11.8. The Hall–Kier alpha value is -2.57. The summed E-state index contributed by atoms with van der Waals surface area (Å²) in [4.78, 5) is 13.5. The largest absolute Gasteiger partial charge is 0.464 e. The zero-order valence-corrected chi connectivity index (χ0v) is 13.8. The molecule has 0 fully saturated rings. The van der Waals surface area contributed by atoms with E-state index in [0.29, 0.717) is 6.54 Å². The molecule has 124 valence electrons. The van der Waals surface area contributed by atoms with E-state index in [9.17, 15) is 9.90 Å². The minimum absolute atomic E-state index is 0.152. The van der Waals surface area contributed by atoms with Gasteiger partial charge in [0.2, 0.25) is 0 Å². The summed E-state index contributed by atoms with van der Waals surface area (Å²) in [6, 6.07) is 16.8. The Kier molecular flexibility index (Phi) is 5.30. The fourth-order valence-electron chi connectivity index (χ4n) is 2.21. The van der Waals surface area contributed by atoms with Crippen molar-refractivity contribution in [3.05, 3.63) is 71.3 Å². The molecular formula is C18H18N2O3S. The lowest BCUT2D eigenvalue weighted by Crippen LogP contribution is -2.37. The molecular weight excluding hydrogens is 324 g/mol. The molecule has 1 unspecified atom stereocenters. The number of rotatable bonds is 6. The lowest BCUT2D eigenvalue weighted by Gasteiger charge is -2.11. The summed E-state index contributed by atoms with van der Waals surface area (Å²) in [6.07, 6.45) is 0.866. The number of furan rings is 1. The lowest BCUT2D eigenvalue weighted by molar-refractivity contribution is 0.176. The van der Waals surface area contributed by atoms with Gasteiger partial charge in [-0.15, -0.1) is 11.3 Å². The van der Waals surface area contributed by atoms with Gasteiger partial charge in [0, 0.05) is 11.4 Å². The molecule has 3 rings (SSSR count). The lowest BCUT2D eigenvalue weighted by atomic mass is 10.2. The number of hydrogen-bond donors (Lipinski definition) is 3. The predicted molar refractivity (Wildman–Crippen MR) is 93.7 cm³/mol. The Morgan fingerprint density at radius 2 is 1.92 bits per heavy atom. The van der Waals surface area contributed by atoms with Crippen molar-refractivity contribution in [2.75, 3.05) is 6.54 Å². The number of nitrogens with one attached hydrogen (secondary N) is 2. The molecule has 24 heavy (non-hydrogen) atoms. The molecule has 0 saturated heterocycles. The first-order valence-electron chi connectivity index (χ1n) is 7.59. The average Bonchev–Trinajstić information content (AvgIpc) is 3.29. The highest BCUT2D eigenvalue weighted by atomic mass is 32.1. The van der Waals surface area contributed by atoms with E-state index < -0.39 is 6.10 Å². The number of amides is 2. The van der Waals surface area contributed by atoms with Gasteiger partial charge in [-0.3, -0.25) is 0 Å². The number of aliphatic hydroxyl groups excluding tert-OH is 1. The fourth-order valence-corrected chi connectivity index (χ4v) is 3.18. The topological polar surface area (TPSA) is 74.5 Å². The normalized spacial score (nSPS) is 11.9. The minimum Gasteiger partial charge on any atom is -0.464 e. The first kappa shape index (κ1) is 16.3. The van der Waals surface area contributed by atoms with E-state index in [1.807, 2.05) is 54.6 Å². The summed E-state index contributed by atoms with van der Waals surface area (Å²) in [5, 5.41) is 15.6. The van der Waals surface area contributed by atoms with Crippen LogP contribution in [-0.4, -0.2) is 17.7 Å². The second kappa shape index (κ2) is 7.81. The molecule has 0 saturated carbocycles. The van der Waals surface area contributed by atoms with Gasteiger partial charge in [-0.05, 0) is 29.8 Å². The Balaban J connectivity index is 1.46. The summed E-state index contributed by atoms with van der Waals surface area (Å²) < 4.78 is 5.33. The number of urea groups is 1. The van der Waals surface area contributed by atoms with Crippen molar-refractivity contribution in [3.8, 4) is 10.6 Å². The third-order valence-corrected chi connectivity index (χ3v) is 4.67. The number of carbonyl (C=O) groups excluding carboxylic acids is 1. The van der Waals surface area contributed by atoms with Crippen molar-refractivity contribution < 1.29 is 14.3 Å². The van der Waals surface area contributed by atoms with Crippen molar-refractivity contribution >= 4 is 17.4 Å². The average molecular weight is 342 g/mol. The van der Waals surface area contributed by atoms with Crippen molar-refractivity contribution in [2.45, 2.75) is 12.6 Å². The third kappa shape index (κ3) is 4.24. The van der Waals surface area contributed by atoms with Crippen molar-refractivity contribution in [1.82, 2.24) is 10.6 Å². The second-order valence-corrected chi connectivity index (χ2v) is 6.36. The molecule has 6 heteroatoms. The van der Waals surface area contributed by atoms with Crippen molar-refractivity contribution in [3.63, 3.8) is 0 Å². The smallest absolute Gasteiger partial charge is 0.315 e.